The van der Waals surface area contributed by atoms with Gasteiger partial charge in [0.1, 0.15) is 0 Å². The minimum Gasteiger partial charge on any atom is -1.00 e. The fraction of sp³-hybridized carbons (Fsp3) is 1.00. The maximum absolute atomic E-state index is 2.29. The second kappa shape index (κ2) is 27.1. The van der Waals surface area contributed by atoms with Crippen molar-refractivity contribution in [3.63, 3.8) is 0 Å². The van der Waals surface area contributed by atoms with Crippen molar-refractivity contribution in [1.82, 2.24) is 0 Å². The predicted molar refractivity (Wildman–Crippen MR) is 77.1 cm³/mol. The van der Waals surface area contributed by atoms with Crippen LogP contribution >= 0.6 is 0 Å². The molecule has 0 saturated heterocycles. The zero-order valence-electron chi connectivity index (χ0n) is 12.7. The summed E-state index contributed by atoms with van der Waals surface area (Å²) in [6.45, 7) is 4.58. The van der Waals surface area contributed by atoms with Crippen LogP contribution in [0.4, 0.5) is 0 Å². The number of rotatable bonds is 12. The number of halogens is 2. The monoisotopic (exact) mass is 394 g/mol. The molecule has 108 valence electrons. The maximum atomic E-state index is 2.29. The van der Waals surface area contributed by atoms with Gasteiger partial charge in [-0.1, -0.05) is 97.3 Å². The average Bonchev–Trinajstić information content (AvgIpc) is 2.26. The third kappa shape index (κ3) is 26.3. The molecule has 18 heavy (non-hydrogen) atoms. The van der Waals surface area contributed by atoms with E-state index in [9.17, 15) is 0 Å². The first-order chi connectivity index (χ1) is 7.41. The van der Waals surface area contributed by atoms with E-state index in [0.29, 0.717) is 0 Å². The van der Waals surface area contributed by atoms with Crippen molar-refractivity contribution >= 4 is 23.1 Å². The first-order valence-electron chi connectivity index (χ1n) is 7.41. The fourth-order valence-corrected chi connectivity index (χ4v) is 2.09. The Kier molecular flexibility index (Phi) is 42.2. The van der Waals surface area contributed by atoms with Gasteiger partial charge in [0.25, 0.3) is 0 Å². The summed E-state index contributed by atoms with van der Waals surface area (Å²) in [6.07, 6.45) is 18.9. The molecule has 0 unspecified atom stereocenters. The molecule has 0 radical (unpaired) electrons. The van der Waals surface area contributed by atoms with Gasteiger partial charge in [0.05, 0.1) is 0 Å². The first kappa shape index (κ1) is 28.0. The van der Waals surface area contributed by atoms with E-state index in [-0.39, 0.29) is 57.0 Å². The van der Waals surface area contributed by atoms with Gasteiger partial charge in [-0.15, -0.1) is 0 Å². The Morgan fingerprint density at radius 1 is 0.389 bits per heavy atom. The third-order valence-corrected chi connectivity index (χ3v) is 3.21. The smallest absolute Gasteiger partial charge is 1.00 e. The fourth-order valence-electron chi connectivity index (χ4n) is 2.09. The average molecular weight is 397 g/mol. The van der Waals surface area contributed by atoms with Crippen molar-refractivity contribution in [2.75, 3.05) is 0 Å². The minimum atomic E-state index is 0. The first-order valence-corrected chi connectivity index (χ1v) is 7.41. The molecule has 0 aliphatic carbocycles. The van der Waals surface area contributed by atoms with Crippen LogP contribution in [0, 0.1) is 0 Å². The quantitative estimate of drug-likeness (QED) is 0.315. The third-order valence-electron chi connectivity index (χ3n) is 3.21. The summed E-state index contributed by atoms with van der Waals surface area (Å²) in [6, 6.07) is 0. The van der Waals surface area contributed by atoms with E-state index in [2.05, 4.69) is 13.8 Å². The molecule has 0 saturated carbocycles. The van der Waals surface area contributed by atoms with E-state index < -0.39 is 0 Å². The molecule has 0 heterocycles. The van der Waals surface area contributed by atoms with Crippen molar-refractivity contribution in [3.8, 4) is 0 Å². The largest absolute Gasteiger partial charge is 2.00 e. The van der Waals surface area contributed by atoms with Crippen molar-refractivity contribution < 1.29 is 34.0 Å². The van der Waals surface area contributed by atoms with Gasteiger partial charge in [-0.25, -0.2) is 0 Å². The van der Waals surface area contributed by atoms with Crippen molar-refractivity contribution in [1.29, 1.82) is 0 Å². The van der Waals surface area contributed by atoms with Gasteiger partial charge in [0, 0.05) is 0 Å². The molecule has 0 aromatic rings. The molecule has 0 aromatic carbocycles. The van der Waals surface area contributed by atoms with Gasteiger partial charge in [0.15, 0.2) is 0 Å². The molecule has 0 spiro atoms. The minimum absolute atomic E-state index is 0. The molecule has 0 nitrogen and oxygen atoms in total. The van der Waals surface area contributed by atoms with Crippen molar-refractivity contribution in [2.45, 2.75) is 97.3 Å². The van der Waals surface area contributed by atoms with Gasteiger partial charge in [-0.05, 0) is 0 Å². The Balaban J connectivity index is -0.000000327. The molecule has 0 bridgehead atoms. The normalized spacial score (nSPS) is 9.00. The number of hydrogen-bond acceptors (Lipinski definition) is 0. The van der Waals surface area contributed by atoms with Crippen molar-refractivity contribution in [2.24, 2.45) is 0 Å². The Hall–Kier alpha value is 1.73. The van der Waals surface area contributed by atoms with Crippen LogP contribution in [0.2, 0.25) is 0 Å². The zero-order chi connectivity index (χ0) is 11.2. The van der Waals surface area contributed by atoms with Crippen LogP contribution in [-0.4, -0.2) is 23.1 Å². The summed E-state index contributed by atoms with van der Waals surface area (Å²) in [4.78, 5) is 0. The molecule has 0 aromatic heterocycles. The summed E-state index contributed by atoms with van der Waals surface area (Å²) in [5, 5.41) is 0. The van der Waals surface area contributed by atoms with Crippen LogP contribution in [-0.2, 0) is 0 Å². The van der Waals surface area contributed by atoms with Crippen molar-refractivity contribution in [3.05, 3.63) is 0 Å². The summed E-state index contributed by atoms with van der Waals surface area (Å²) >= 11 is 0. The van der Waals surface area contributed by atoms with Crippen LogP contribution in [0.25, 0.3) is 0 Å². The summed E-state index contributed by atoms with van der Waals surface area (Å²) in [7, 11) is 0. The zero-order valence-corrected chi connectivity index (χ0v) is 17.2. The van der Waals surface area contributed by atoms with Gasteiger partial charge in [-0.3, -0.25) is 0 Å². The standard InChI is InChI=1S/C15H32.2BrH.Mg/c1-3-5-7-9-11-13-15-14-12-10-8-6-4-2;;;/h3-15H2,1-2H3;2*1H;/q;;;+2/p-2. The molecule has 0 fully saturated rings. The molecule has 0 amide bonds. The molecule has 0 aliphatic heterocycles. The van der Waals surface area contributed by atoms with E-state index in [4.69, 9.17) is 0 Å². The van der Waals surface area contributed by atoms with Crippen LogP contribution in [0.3, 0.4) is 0 Å². The van der Waals surface area contributed by atoms with E-state index in [0.717, 1.165) is 0 Å². The van der Waals surface area contributed by atoms with E-state index >= 15 is 0 Å². The van der Waals surface area contributed by atoms with Crippen LogP contribution < -0.4 is 34.0 Å². The van der Waals surface area contributed by atoms with Gasteiger partial charge in [-0.2, -0.15) is 0 Å². The number of unbranched alkanes of at least 4 members (excludes halogenated alkanes) is 12. The molecule has 3 heteroatoms. The maximum Gasteiger partial charge on any atom is 2.00 e. The summed E-state index contributed by atoms with van der Waals surface area (Å²) in [5.41, 5.74) is 0. The predicted octanol–water partition coefficient (Wildman–Crippen LogP) is -0.275. The van der Waals surface area contributed by atoms with Crippen LogP contribution in [0.15, 0.2) is 0 Å². The second-order valence-electron chi connectivity index (χ2n) is 4.89. The number of hydrogen-bond donors (Lipinski definition) is 0. The van der Waals surface area contributed by atoms with Crippen LogP contribution in [0.5, 0.6) is 0 Å². The van der Waals surface area contributed by atoms with Gasteiger partial charge < -0.3 is 34.0 Å². The van der Waals surface area contributed by atoms with E-state index in [1.807, 2.05) is 0 Å². The van der Waals surface area contributed by atoms with Gasteiger partial charge >= 0.3 is 23.1 Å². The molecular weight excluding hydrogens is 364 g/mol. The Morgan fingerprint density at radius 3 is 0.722 bits per heavy atom. The Labute approximate surface area is 153 Å². The molecule has 0 rings (SSSR count). The molecule has 0 aliphatic rings. The van der Waals surface area contributed by atoms with Gasteiger partial charge in [0.2, 0.25) is 0 Å². The molecule has 0 N–H and O–H groups in total. The topological polar surface area (TPSA) is 0 Å². The van der Waals surface area contributed by atoms with E-state index in [1.165, 1.54) is 83.5 Å². The van der Waals surface area contributed by atoms with E-state index in [1.54, 1.807) is 0 Å². The Morgan fingerprint density at radius 2 is 0.556 bits per heavy atom. The summed E-state index contributed by atoms with van der Waals surface area (Å²) in [5.74, 6) is 0. The Bertz CT molecular complexity index is 98.7. The van der Waals surface area contributed by atoms with Crippen LogP contribution in [0.1, 0.15) is 97.3 Å². The molecular formula is C15H32Br2Mg. The second-order valence-corrected chi connectivity index (χ2v) is 4.89. The molecule has 0 atom stereocenters. The summed E-state index contributed by atoms with van der Waals surface area (Å²) < 4.78 is 0. The SMILES string of the molecule is CCCCCCCCCCCCCCC.[Br-].[Br-].[Mg+2].